The van der Waals surface area contributed by atoms with Gasteiger partial charge in [-0.2, -0.15) is 0 Å². The van der Waals surface area contributed by atoms with Crippen molar-refractivity contribution in [1.29, 1.82) is 0 Å². The maximum absolute atomic E-state index is 12.3. The predicted octanol–water partition coefficient (Wildman–Crippen LogP) is 2.45. The van der Waals surface area contributed by atoms with Crippen LogP contribution in [0.25, 0.3) is 0 Å². The fraction of sp³-hybridized carbons (Fsp3) is 0.300. The molecule has 0 saturated heterocycles. The van der Waals surface area contributed by atoms with Crippen molar-refractivity contribution in [2.75, 3.05) is 45.1 Å². The maximum Gasteiger partial charge on any atom is 0.251 e. The zero-order chi connectivity index (χ0) is 20.0. The van der Waals surface area contributed by atoms with E-state index in [1.807, 2.05) is 44.1 Å². The van der Waals surface area contributed by atoms with Gasteiger partial charge in [0.25, 0.3) is 5.91 Å². The van der Waals surface area contributed by atoms with Crippen LogP contribution < -0.4 is 25.0 Å². The molecule has 7 heteroatoms. The summed E-state index contributed by atoms with van der Waals surface area (Å²) < 4.78 is 10.3. The maximum atomic E-state index is 12.3. The Labute approximate surface area is 159 Å². The minimum Gasteiger partial charge on any atom is -0.493 e. The first-order valence-corrected chi connectivity index (χ1v) is 8.43. The van der Waals surface area contributed by atoms with Crippen LogP contribution in [-0.2, 0) is 4.79 Å². The van der Waals surface area contributed by atoms with E-state index in [-0.39, 0.29) is 18.4 Å². The standard InChI is InChI=1S/C20H25N3O4/c1-13-10-15(23(2)3)7-8-16(13)22-19(24)12-21-20(25)14-6-9-17(26-4)18(11-14)27-5/h6-11H,12H2,1-5H3,(H,21,25)(H,22,24). The van der Waals surface area contributed by atoms with E-state index < -0.39 is 0 Å². The van der Waals surface area contributed by atoms with Gasteiger partial charge in [0, 0.05) is 31.0 Å². The van der Waals surface area contributed by atoms with Crippen molar-refractivity contribution in [3.05, 3.63) is 47.5 Å². The van der Waals surface area contributed by atoms with E-state index >= 15 is 0 Å². The summed E-state index contributed by atoms with van der Waals surface area (Å²) in [6.07, 6.45) is 0. The fourth-order valence-corrected chi connectivity index (χ4v) is 2.50. The van der Waals surface area contributed by atoms with Crippen molar-refractivity contribution < 1.29 is 19.1 Å². The van der Waals surface area contributed by atoms with Crippen LogP contribution in [0.15, 0.2) is 36.4 Å². The van der Waals surface area contributed by atoms with Gasteiger partial charge in [-0.25, -0.2) is 0 Å². The van der Waals surface area contributed by atoms with Crippen molar-refractivity contribution in [2.24, 2.45) is 0 Å². The highest BCUT2D eigenvalue weighted by atomic mass is 16.5. The average Bonchev–Trinajstić information content (AvgIpc) is 2.66. The Morgan fingerprint density at radius 1 is 1.00 bits per heavy atom. The number of anilines is 2. The summed E-state index contributed by atoms with van der Waals surface area (Å²) in [4.78, 5) is 26.4. The second-order valence-electron chi connectivity index (χ2n) is 6.19. The van der Waals surface area contributed by atoms with E-state index in [1.54, 1.807) is 18.2 Å². The number of nitrogens with zero attached hydrogens (tertiary/aromatic N) is 1. The lowest BCUT2D eigenvalue weighted by atomic mass is 10.1. The molecule has 144 valence electrons. The number of methoxy groups -OCH3 is 2. The summed E-state index contributed by atoms with van der Waals surface area (Å²) in [5.41, 5.74) is 3.09. The Hall–Kier alpha value is -3.22. The van der Waals surface area contributed by atoms with Gasteiger partial charge in [0.2, 0.25) is 5.91 Å². The third kappa shape index (κ3) is 5.13. The van der Waals surface area contributed by atoms with Crippen LogP contribution in [0.4, 0.5) is 11.4 Å². The molecule has 0 aliphatic carbocycles. The number of amides is 2. The van der Waals surface area contributed by atoms with Crippen molar-refractivity contribution >= 4 is 23.2 Å². The summed E-state index contributed by atoms with van der Waals surface area (Å²) in [5.74, 6) is 0.310. The Morgan fingerprint density at radius 3 is 2.30 bits per heavy atom. The van der Waals surface area contributed by atoms with Crippen LogP contribution in [0.3, 0.4) is 0 Å². The Balaban J connectivity index is 1.96. The number of hydrogen-bond donors (Lipinski definition) is 2. The molecular weight excluding hydrogens is 346 g/mol. The van der Waals surface area contributed by atoms with E-state index in [9.17, 15) is 9.59 Å². The zero-order valence-corrected chi connectivity index (χ0v) is 16.3. The molecule has 0 aromatic heterocycles. The van der Waals surface area contributed by atoms with Gasteiger partial charge in [-0.15, -0.1) is 0 Å². The molecule has 2 N–H and O–H groups in total. The number of benzene rings is 2. The SMILES string of the molecule is COc1ccc(C(=O)NCC(=O)Nc2ccc(N(C)C)cc2C)cc1OC. The van der Waals surface area contributed by atoms with Crippen molar-refractivity contribution in [2.45, 2.75) is 6.92 Å². The lowest BCUT2D eigenvalue weighted by molar-refractivity contribution is -0.115. The first-order valence-electron chi connectivity index (χ1n) is 8.43. The molecule has 0 unspecified atom stereocenters. The molecule has 2 rings (SSSR count). The van der Waals surface area contributed by atoms with Crippen LogP contribution in [0.2, 0.25) is 0 Å². The Kier molecular flexibility index (Phi) is 6.65. The predicted molar refractivity (Wildman–Crippen MR) is 106 cm³/mol. The number of ether oxygens (including phenoxy) is 2. The van der Waals surface area contributed by atoms with Gasteiger partial charge in [0.15, 0.2) is 11.5 Å². The smallest absolute Gasteiger partial charge is 0.251 e. The molecule has 0 fully saturated rings. The number of aryl methyl sites for hydroxylation is 1. The van der Waals surface area contributed by atoms with Gasteiger partial charge in [-0.3, -0.25) is 9.59 Å². The first-order chi connectivity index (χ1) is 12.8. The quantitative estimate of drug-likeness (QED) is 0.782. The molecule has 2 amide bonds. The lowest BCUT2D eigenvalue weighted by Gasteiger charge is -2.15. The van der Waals surface area contributed by atoms with Crippen molar-refractivity contribution in [3.8, 4) is 11.5 Å². The van der Waals surface area contributed by atoms with E-state index in [0.717, 1.165) is 11.3 Å². The molecule has 0 spiro atoms. The number of rotatable bonds is 7. The molecule has 0 bridgehead atoms. The second-order valence-corrected chi connectivity index (χ2v) is 6.19. The molecular formula is C20H25N3O4. The normalized spacial score (nSPS) is 10.1. The molecule has 0 heterocycles. The van der Waals surface area contributed by atoms with Crippen LogP contribution in [-0.4, -0.2) is 46.7 Å². The number of carbonyl (C=O) groups is 2. The summed E-state index contributed by atoms with van der Waals surface area (Å²) in [6.45, 7) is 1.78. The summed E-state index contributed by atoms with van der Waals surface area (Å²) >= 11 is 0. The Bertz CT molecular complexity index is 834. The van der Waals surface area contributed by atoms with Crippen molar-refractivity contribution in [3.63, 3.8) is 0 Å². The van der Waals surface area contributed by atoms with Crippen molar-refractivity contribution in [1.82, 2.24) is 5.32 Å². The molecule has 0 aliphatic rings. The van der Waals surface area contributed by atoms with E-state index in [1.165, 1.54) is 14.2 Å². The third-order valence-electron chi connectivity index (χ3n) is 4.06. The van der Waals surface area contributed by atoms with Gasteiger partial charge in [0.05, 0.1) is 20.8 Å². The zero-order valence-electron chi connectivity index (χ0n) is 16.3. The third-order valence-corrected chi connectivity index (χ3v) is 4.06. The van der Waals surface area contributed by atoms with Gasteiger partial charge >= 0.3 is 0 Å². The number of nitrogens with one attached hydrogen (secondary N) is 2. The van der Waals surface area contributed by atoms with Crippen LogP contribution in [0.1, 0.15) is 15.9 Å². The topological polar surface area (TPSA) is 79.9 Å². The van der Waals surface area contributed by atoms with E-state index in [4.69, 9.17) is 9.47 Å². The Morgan fingerprint density at radius 2 is 1.70 bits per heavy atom. The average molecular weight is 371 g/mol. The molecule has 27 heavy (non-hydrogen) atoms. The minimum atomic E-state index is -0.370. The monoisotopic (exact) mass is 371 g/mol. The van der Waals surface area contributed by atoms with E-state index in [2.05, 4.69) is 10.6 Å². The van der Waals surface area contributed by atoms with Gasteiger partial charge in [-0.1, -0.05) is 0 Å². The molecule has 2 aromatic carbocycles. The number of hydrogen-bond acceptors (Lipinski definition) is 5. The highest BCUT2D eigenvalue weighted by Crippen LogP contribution is 2.27. The van der Waals surface area contributed by atoms with Gasteiger partial charge in [0.1, 0.15) is 0 Å². The van der Waals surface area contributed by atoms with E-state index in [0.29, 0.717) is 22.7 Å². The van der Waals surface area contributed by atoms with Crippen LogP contribution >= 0.6 is 0 Å². The highest BCUT2D eigenvalue weighted by molar-refractivity contribution is 6.00. The largest absolute Gasteiger partial charge is 0.493 e. The lowest BCUT2D eigenvalue weighted by Crippen LogP contribution is -2.33. The van der Waals surface area contributed by atoms with Crippen LogP contribution in [0.5, 0.6) is 11.5 Å². The summed E-state index contributed by atoms with van der Waals surface area (Å²) in [7, 11) is 6.93. The molecule has 0 saturated carbocycles. The summed E-state index contributed by atoms with van der Waals surface area (Å²) in [6, 6.07) is 10.6. The second kappa shape index (κ2) is 8.93. The highest BCUT2D eigenvalue weighted by Gasteiger charge is 2.12. The number of carbonyl (C=O) groups excluding carboxylic acids is 2. The molecule has 0 aliphatic heterocycles. The first kappa shape index (κ1) is 20.1. The molecule has 0 radical (unpaired) electrons. The molecule has 2 aromatic rings. The van der Waals surface area contributed by atoms with Gasteiger partial charge < -0.3 is 25.0 Å². The van der Waals surface area contributed by atoms with Gasteiger partial charge in [-0.05, 0) is 48.9 Å². The molecule has 7 nitrogen and oxygen atoms in total. The minimum absolute atomic E-state index is 0.137. The summed E-state index contributed by atoms with van der Waals surface area (Å²) in [5, 5.41) is 5.41. The molecule has 0 atom stereocenters. The van der Waals surface area contributed by atoms with Crippen LogP contribution in [0, 0.1) is 6.92 Å². The fourth-order valence-electron chi connectivity index (χ4n) is 2.50.